The maximum absolute atomic E-state index is 12.6. The van der Waals surface area contributed by atoms with Crippen LogP contribution in [0.1, 0.15) is 194 Å². The molecule has 0 aromatic rings. The van der Waals surface area contributed by atoms with E-state index in [0.717, 1.165) is 32.1 Å². The van der Waals surface area contributed by atoms with E-state index in [2.05, 4.69) is 13.8 Å². The van der Waals surface area contributed by atoms with Gasteiger partial charge >= 0.3 is 11.9 Å². The first-order valence-corrected chi connectivity index (χ1v) is 22.2. The minimum absolute atomic E-state index is 0.0260. The van der Waals surface area contributed by atoms with Crippen molar-refractivity contribution in [2.24, 2.45) is 0 Å². The van der Waals surface area contributed by atoms with Gasteiger partial charge in [-0.1, -0.05) is 168 Å². The molecule has 0 radical (unpaired) electrons. The summed E-state index contributed by atoms with van der Waals surface area (Å²) in [6.07, 6.45) is 31.3. The molecule has 0 aromatic carbocycles. The molecule has 0 aromatic heterocycles. The Bertz CT molecular complexity index is 835. The lowest BCUT2D eigenvalue weighted by atomic mass is 10.0. The van der Waals surface area contributed by atoms with Gasteiger partial charge in [-0.15, -0.1) is 0 Å². The van der Waals surface area contributed by atoms with Gasteiger partial charge in [-0.2, -0.15) is 0 Å². The summed E-state index contributed by atoms with van der Waals surface area (Å²) in [5, 5.41) is 0. The lowest BCUT2D eigenvalue weighted by Crippen LogP contribution is -2.37. The summed E-state index contributed by atoms with van der Waals surface area (Å²) in [4.78, 5) is 37.3. The molecule has 0 saturated carbocycles. The Morgan fingerprint density at radius 3 is 1.28 bits per heavy atom. The van der Waals surface area contributed by atoms with Gasteiger partial charge in [0.05, 0.1) is 27.7 Å². The molecule has 298 valence electrons. The van der Waals surface area contributed by atoms with Crippen molar-refractivity contribution < 1.29 is 42.1 Å². The standard InChI is InChI=1S/C40H80NO8P/c1-6-8-10-12-14-16-18-19-20-21-22-23-25-26-28-30-32-39(42)46-36-38(37-48-50(44,45)47-35-34-41(3,4)5)49-40(43)33-31-29-27-24-17-15-13-11-9-7-2/h38H,6-37H2,1-5H3/t38-/m1/s1. The minimum Gasteiger partial charge on any atom is -0.756 e. The monoisotopic (exact) mass is 734 g/mol. The molecule has 2 atom stereocenters. The highest BCUT2D eigenvalue weighted by Gasteiger charge is 2.21. The van der Waals surface area contributed by atoms with Gasteiger partial charge in [0.2, 0.25) is 0 Å². The Morgan fingerprint density at radius 2 is 0.900 bits per heavy atom. The fourth-order valence-corrected chi connectivity index (χ4v) is 6.56. The summed E-state index contributed by atoms with van der Waals surface area (Å²) >= 11 is 0. The van der Waals surface area contributed by atoms with Crippen molar-refractivity contribution in [3.8, 4) is 0 Å². The molecule has 0 aliphatic rings. The minimum atomic E-state index is -4.61. The number of rotatable bonds is 38. The molecule has 0 fully saturated rings. The second-order valence-corrected chi connectivity index (χ2v) is 16.8. The number of esters is 2. The van der Waals surface area contributed by atoms with Gasteiger partial charge in [0.15, 0.2) is 6.10 Å². The summed E-state index contributed by atoms with van der Waals surface area (Å²) in [5.74, 6) is -0.825. The third kappa shape index (κ3) is 36.8. The van der Waals surface area contributed by atoms with Crippen molar-refractivity contribution in [3.05, 3.63) is 0 Å². The van der Waals surface area contributed by atoms with Crippen LogP contribution in [0.4, 0.5) is 0 Å². The highest BCUT2D eigenvalue weighted by molar-refractivity contribution is 7.45. The van der Waals surface area contributed by atoms with Crippen molar-refractivity contribution in [1.29, 1.82) is 0 Å². The molecule has 0 rings (SSSR count). The lowest BCUT2D eigenvalue weighted by molar-refractivity contribution is -0.870. The highest BCUT2D eigenvalue weighted by Crippen LogP contribution is 2.38. The van der Waals surface area contributed by atoms with E-state index in [4.69, 9.17) is 18.5 Å². The van der Waals surface area contributed by atoms with E-state index < -0.39 is 26.5 Å². The molecule has 0 spiro atoms. The molecule has 10 heteroatoms. The van der Waals surface area contributed by atoms with Crippen LogP contribution in [-0.2, 0) is 32.7 Å². The van der Waals surface area contributed by atoms with Gasteiger partial charge in [0.1, 0.15) is 19.8 Å². The van der Waals surface area contributed by atoms with Gasteiger partial charge in [0, 0.05) is 12.8 Å². The van der Waals surface area contributed by atoms with Crippen LogP contribution < -0.4 is 4.89 Å². The average molecular weight is 734 g/mol. The van der Waals surface area contributed by atoms with Crippen LogP contribution in [0.2, 0.25) is 0 Å². The molecule has 0 bridgehead atoms. The van der Waals surface area contributed by atoms with E-state index in [1.807, 2.05) is 21.1 Å². The van der Waals surface area contributed by atoms with E-state index in [-0.39, 0.29) is 32.0 Å². The second kappa shape index (κ2) is 33.8. The van der Waals surface area contributed by atoms with Crippen LogP contribution >= 0.6 is 7.82 Å². The maximum atomic E-state index is 12.6. The normalized spacial score (nSPS) is 13.6. The molecule has 9 nitrogen and oxygen atoms in total. The van der Waals surface area contributed by atoms with Gasteiger partial charge in [-0.05, 0) is 12.8 Å². The fourth-order valence-electron chi connectivity index (χ4n) is 5.83. The Kier molecular flexibility index (Phi) is 33.2. The zero-order chi connectivity index (χ0) is 37.2. The predicted octanol–water partition coefficient (Wildman–Crippen LogP) is 10.6. The zero-order valence-electron chi connectivity index (χ0n) is 33.4. The number of unbranched alkanes of at least 4 members (excludes halogenated alkanes) is 24. The third-order valence-corrected chi connectivity index (χ3v) is 10.1. The summed E-state index contributed by atoms with van der Waals surface area (Å²) < 4.78 is 33.8. The Labute approximate surface area is 308 Å². The molecule has 0 amide bonds. The maximum Gasteiger partial charge on any atom is 0.306 e. The van der Waals surface area contributed by atoms with E-state index >= 15 is 0 Å². The predicted molar refractivity (Wildman–Crippen MR) is 204 cm³/mol. The van der Waals surface area contributed by atoms with Crippen LogP contribution in [0.5, 0.6) is 0 Å². The number of quaternary nitrogens is 1. The number of carbonyl (C=O) groups excluding carboxylic acids is 2. The third-order valence-electron chi connectivity index (χ3n) is 9.13. The summed E-state index contributed by atoms with van der Waals surface area (Å²) in [7, 11) is 1.18. The van der Waals surface area contributed by atoms with Crippen molar-refractivity contribution in [1.82, 2.24) is 0 Å². The molecule has 0 saturated heterocycles. The molecule has 0 aliphatic heterocycles. The summed E-state index contributed by atoms with van der Waals surface area (Å²) in [5.41, 5.74) is 0. The summed E-state index contributed by atoms with van der Waals surface area (Å²) in [6, 6.07) is 0. The number of hydrogen-bond donors (Lipinski definition) is 0. The Balaban J connectivity index is 4.31. The zero-order valence-corrected chi connectivity index (χ0v) is 34.3. The Morgan fingerprint density at radius 1 is 0.540 bits per heavy atom. The van der Waals surface area contributed by atoms with E-state index in [0.29, 0.717) is 17.4 Å². The molecule has 0 aliphatic carbocycles. The summed E-state index contributed by atoms with van der Waals surface area (Å²) in [6.45, 7) is 4.23. The van der Waals surface area contributed by atoms with Gasteiger partial charge in [-0.25, -0.2) is 0 Å². The molecular weight excluding hydrogens is 653 g/mol. The van der Waals surface area contributed by atoms with E-state index in [9.17, 15) is 19.0 Å². The molecular formula is C40H80NO8P. The fraction of sp³-hybridized carbons (Fsp3) is 0.950. The van der Waals surface area contributed by atoms with E-state index in [1.54, 1.807) is 0 Å². The number of ether oxygens (including phenoxy) is 2. The number of nitrogens with zero attached hydrogens (tertiary/aromatic N) is 1. The topological polar surface area (TPSA) is 111 Å². The number of phosphoric acid groups is 1. The van der Waals surface area contributed by atoms with Crippen molar-refractivity contribution in [2.45, 2.75) is 200 Å². The SMILES string of the molecule is CCCCCCCCCCCCCCCCCCC(=O)OC[C@H](COP(=O)([O-])OCC[N+](C)(C)C)OC(=O)CCCCCCCCCCCC. The van der Waals surface area contributed by atoms with Gasteiger partial charge < -0.3 is 27.9 Å². The second-order valence-electron chi connectivity index (χ2n) is 15.4. The smallest absolute Gasteiger partial charge is 0.306 e. The van der Waals surface area contributed by atoms with E-state index in [1.165, 1.54) is 128 Å². The first-order chi connectivity index (χ1) is 24.0. The average Bonchev–Trinajstić information content (AvgIpc) is 3.06. The van der Waals surface area contributed by atoms with Crippen molar-refractivity contribution in [2.75, 3.05) is 47.5 Å². The quantitative estimate of drug-likeness (QED) is 0.0267. The molecule has 0 N–H and O–H groups in total. The Hall–Kier alpha value is -0.990. The molecule has 50 heavy (non-hydrogen) atoms. The number of phosphoric ester groups is 1. The van der Waals surface area contributed by atoms with Crippen molar-refractivity contribution >= 4 is 19.8 Å². The van der Waals surface area contributed by atoms with Gasteiger partial charge in [-0.3, -0.25) is 14.2 Å². The van der Waals surface area contributed by atoms with Crippen LogP contribution in [0, 0.1) is 0 Å². The van der Waals surface area contributed by atoms with Crippen LogP contribution in [0.15, 0.2) is 0 Å². The highest BCUT2D eigenvalue weighted by atomic mass is 31.2. The lowest BCUT2D eigenvalue weighted by Gasteiger charge is -2.28. The largest absolute Gasteiger partial charge is 0.756 e. The van der Waals surface area contributed by atoms with Crippen LogP contribution in [0.3, 0.4) is 0 Å². The van der Waals surface area contributed by atoms with Crippen LogP contribution in [0.25, 0.3) is 0 Å². The molecule has 0 heterocycles. The number of hydrogen-bond acceptors (Lipinski definition) is 8. The van der Waals surface area contributed by atoms with Crippen LogP contribution in [-0.4, -0.2) is 70.0 Å². The molecule has 1 unspecified atom stereocenters. The first kappa shape index (κ1) is 49.0. The van der Waals surface area contributed by atoms with Crippen molar-refractivity contribution in [3.63, 3.8) is 0 Å². The van der Waals surface area contributed by atoms with Gasteiger partial charge in [0.25, 0.3) is 7.82 Å². The number of likely N-dealkylation sites (N-methyl/N-ethyl adjacent to an activating group) is 1. The first-order valence-electron chi connectivity index (χ1n) is 20.7. The number of carbonyl (C=O) groups is 2.